The molecule has 170 valence electrons. The molecular formula is C26H22N4O3S. The van der Waals surface area contributed by atoms with Crippen molar-refractivity contribution >= 4 is 22.7 Å². The van der Waals surface area contributed by atoms with E-state index in [-0.39, 0.29) is 5.75 Å². The number of fused-ring (bicyclic) bond motifs is 1. The summed E-state index contributed by atoms with van der Waals surface area (Å²) in [5, 5.41) is 20.6. The van der Waals surface area contributed by atoms with Gasteiger partial charge in [0, 0.05) is 41.2 Å². The fourth-order valence-corrected chi connectivity index (χ4v) is 4.79. The van der Waals surface area contributed by atoms with Gasteiger partial charge < -0.3 is 9.52 Å². The van der Waals surface area contributed by atoms with Gasteiger partial charge >= 0.3 is 5.63 Å². The second-order valence-corrected chi connectivity index (χ2v) is 8.77. The first-order valence-corrected chi connectivity index (χ1v) is 11.9. The Balaban J connectivity index is 1.52. The van der Waals surface area contributed by atoms with Crippen LogP contribution in [0.25, 0.3) is 22.4 Å². The summed E-state index contributed by atoms with van der Waals surface area (Å²) in [5.41, 5.74) is 3.56. The summed E-state index contributed by atoms with van der Waals surface area (Å²) >= 11 is 1.50. The molecule has 0 bridgehead atoms. The number of hydrogen-bond donors (Lipinski definition) is 1. The van der Waals surface area contributed by atoms with Crippen molar-refractivity contribution in [2.45, 2.75) is 30.8 Å². The fourth-order valence-electron chi connectivity index (χ4n) is 3.86. The SMILES string of the molecule is CCc1cc2c(CSc3nnc(-c4cccnc4)n3Cc3ccccc3)cc(=O)oc2cc1O. The normalized spacial score (nSPS) is 11.2. The Hall–Kier alpha value is -3.91. The van der Waals surface area contributed by atoms with Crippen LogP contribution in [0.5, 0.6) is 5.75 Å². The van der Waals surface area contributed by atoms with E-state index in [1.165, 1.54) is 23.9 Å². The number of pyridine rings is 1. The van der Waals surface area contributed by atoms with E-state index in [0.717, 1.165) is 38.6 Å². The van der Waals surface area contributed by atoms with Gasteiger partial charge in [0.2, 0.25) is 0 Å². The Morgan fingerprint density at radius 1 is 1.03 bits per heavy atom. The summed E-state index contributed by atoms with van der Waals surface area (Å²) in [5.74, 6) is 1.36. The first-order valence-electron chi connectivity index (χ1n) is 10.9. The van der Waals surface area contributed by atoms with Crippen LogP contribution in [0.3, 0.4) is 0 Å². The molecule has 0 radical (unpaired) electrons. The van der Waals surface area contributed by atoms with Gasteiger partial charge in [-0.15, -0.1) is 10.2 Å². The van der Waals surface area contributed by atoms with Crippen LogP contribution in [0.4, 0.5) is 0 Å². The number of aryl methyl sites for hydroxylation is 1. The van der Waals surface area contributed by atoms with E-state index in [2.05, 4.69) is 31.9 Å². The highest BCUT2D eigenvalue weighted by molar-refractivity contribution is 7.98. The summed E-state index contributed by atoms with van der Waals surface area (Å²) < 4.78 is 7.40. The van der Waals surface area contributed by atoms with Gasteiger partial charge in [0.05, 0.1) is 6.54 Å². The molecule has 0 atom stereocenters. The first kappa shape index (κ1) is 21.9. The van der Waals surface area contributed by atoms with Crippen LogP contribution in [0.2, 0.25) is 0 Å². The van der Waals surface area contributed by atoms with E-state index in [9.17, 15) is 9.90 Å². The van der Waals surface area contributed by atoms with E-state index in [1.807, 2.05) is 43.3 Å². The van der Waals surface area contributed by atoms with Crippen LogP contribution in [0.1, 0.15) is 23.6 Å². The highest BCUT2D eigenvalue weighted by atomic mass is 32.2. The third-order valence-corrected chi connectivity index (χ3v) is 6.60. The Kier molecular flexibility index (Phi) is 6.14. The Labute approximate surface area is 200 Å². The van der Waals surface area contributed by atoms with E-state index >= 15 is 0 Å². The predicted molar refractivity (Wildman–Crippen MR) is 132 cm³/mol. The highest BCUT2D eigenvalue weighted by Crippen LogP contribution is 2.31. The van der Waals surface area contributed by atoms with Gasteiger partial charge in [-0.1, -0.05) is 49.0 Å². The van der Waals surface area contributed by atoms with Crippen molar-refractivity contribution in [3.8, 4) is 17.1 Å². The van der Waals surface area contributed by atoms with Gasteiger partial charge in [-0.05, 0) is 41.3 Å². The number of aromatic nitrogens is 4. The molecule has 1 N–H and O–H groups in total. The van der Waals surface area contributed by atoms with Crippen molar-refractivity contribution in [1.29, 1.82) is 0 Å². The van der Waals surface area contributed by atoms with Crippen molar-refractivity contribution in [3.05, 3.63) is 100 Å². The van der Waals surface area contributed by atoms with Crippen molar-refractivity contribution in [2.24, 2.45) is 0 Å². The Morgan fingerprint density at radius 2 is 1.88 bits per heavy atom. The molecule has 0 spiro atoms. The minimum atomic E-state index is -0.450. The monoisotopic (exact) mass is 470 g/mol. The van der Waals surface area contributed by atoms with Crippen LogP contribution in [0, 0.1) is 0 Å². The largest absolute Gasteiger partial charge is 0.508 e. The van der Waals surface area contributed by atoms with Gasteiger partial charge in [0.1, 0.15) is 11.3 Å². The second kappa shape index (κ2) is 9.52. The fraction of sp³-hybridized carbons (Fsp3) is 0.154. The molecule has 34 heavy (non-hydrogen) atoms. The van der Waals surface area contributed by atoms with Gasteiger partial charge in [-0.25, -0.2) is 4.79 Å². The quantitative estimate of drug-likeness (QED) is 0.263. The molecule has 3 aromatic heterocycles. The van der Waals surface area contributed by atoms with Crippen molar-refractivity contribution in [1.82, 2.24) is 19.7 Å². The van der Waals surface area contributed by atoms with Crippen molar-refractivity contribution in [2.75, 3.05) is 0 Å². The zero-order valence-corrected chi connectivity index (χ0v) is 19.3. The lowest BCUT2D eigenvalue weighted by molar-refractivity contribution is 0.466. The average molecular weight is 471 g/mol. The second-order valence-electron chi connectivity index (χ2n) is 7.83. The topological polar surface area (TPSA) is 94.0 Å². The number of thioether (sulfide) groups is 1. The van der Waals surface area contributed by atoms with Crippen molar-refractivity contribution < 1.29 is 9.52 Å². The molecule has 3 heterocycles. The zero-order chi connectivity index (χ0) is 23.5. The molecule has 0 aliphatic carbocycles. The third-order valence-electron chi connectivity index (χ3n) is 5.59. The molecule has 5 rings (SSSR count). The number of benzene rings is 2. The van der Waals surface area contributed by atoms with Crippen LogP contribution < -0.4 is 5.63 Å². The molecule has 5 aromatic rings. The minimum absolute atomic E-state index is 0.131. The average Bonchev–Trinajstić information content (AvgIpc) is 3.25. The number of aromatic hydroxyl groups is 1. The van der Waals surface area contributed by atoms with Gasteiger partial charge in [0.15, 0.2) is 11.0 Å². The highest BCUT2D eigenvalue weighted by Gasteiger charge is 2.17. The van der Waals surface area contributed by atoms with E-state index in [0.29, 0.717) is 24.3 Å². The van der Waals surface area contributed by atoms with E-state index in [1.54, 1.807) is 12.4 Å². The molecule has 0 amide bonds. The van der Waals surface area contributed by atoms with Crippen LogP contribution in [0.15, 0.2) is 87.4 Å². The zero-order valence-electron chi connectivity index (χ0n) is 18.5. The maximum Gasteiger partial charge on any atom is 0.336 e. The van der Waals surface area contributed by atoms with Gasteiger partial charge in [-0.3, -0.25) is 9.55 Å². The summed E-state index contributed by atoms with van der Waals surface area (Å²) in [7, 11) is 0. The first-order chi connectivity index (χ1) is 16.6. The third kappa shape index (κ3) is 4.45. The van der Waals surface area contributed by atoms with E-state index in [4.69, 9.17) is 4.42 Å². The molecular weight excluding hydrogens is 448 g/mol. The molecule has 8 heteroatoms. The van der Waals surface area contributed by atoms with Gasteiger partial charge in [-0.2, -0.15) is 0 Å². The lowest BCUT2D eigenvalue weighted by atomic mass is 10.1. The number of hydrogen-bond acceptors (Lipinski definition) is 7. The number of rotatable bonds is 7. The van der Waals surface area contributed by atoms with E-state index < -0.39 is 5.63 Å². The molecule has 2 aromatic carbocycles. The minimum Gasteiger partial charge on any atom is -0.508 e. The molecule has 0 aliphatic heterocycles. The summed E-state index contributed by atoms with van der Waals surface area (Å²) in [6, 6.07) is 18.9. The summed E-state index contributed by atoms with van der Waals surface area (Å²) in [6.07, 6.45) is 4.17. The van der Waals surface area contributed by atoms with Crippen LogP contribution in [-0.4, -0.2) is 24.9 Å². The Bertz CT molecular complexity index is 1500. The molecule has 0 fully saturated rings. The Morgan fingerprint density at radius 3 is 2.65 bits per heavy atom. The predicted octanol–water partition coefficient (Wildman–Crippen LogP) is 5.06. The lowest BCUT2D eigenvalue weighted by Gasteiger charge is -2.11. The lowest BCUT2D eigenvalue weighted by Crippen LogP contribution is -2.05. The number of phenols is 1. The summed E-state index contributed by atoms with van der Waals surface area (Å²) in [6.45, 7) is 2.58. The maximum atomic E-state index is 12.2. The van der Waals surface area contributed by atoms with Crippen LogP contribution >= 0.6 is 11.8 Å². The number of nitrogens with zero attached hydrogens (tertiary/aromatic N) is 4. The summed E-state index contributed by atoms with van der Waals surface area (Å²) in [4.78, 5) is 16.4. The van der Waals surface area contributed by atoms with Crippen LogP contribution in [-0.2, 0) is 18.7 Å². The molecule has 7 nitrogen and oxygen atoms in total. The standard InChI is InChI=1S/C26H22N4O3S/c1-2-18-11-21-20(12-24(32)33-23(21)13-22(18)31)16-34-26-29-28-25(19-9-6-10-27-14-19)30(26)15-17-7-4-3-5-8-17/h3-14,31H,2,15-16H2,1H3. The molecule has 0 saturated heterocycles. The molecule has 0 aliphatic rings. The van der Waals surface area contributed by atoms with Gasteiger partial charge in [0.25, 0.3) is 0 Å². The molecule has 0 unspecified atom stereocenters. The molecule has 0 saturated carbocycles. The maximum absolute atomic E-state index is 12.2. The van der Waals surface area contributed by atoms with Crippen molar-refractivity contribution in [3.63, 3.8) is 0 Å². The smallest absolute Gasteiger partial charge is 0.336 e. The number of phenolic OH excluding ortho intramolecular Hbond substituents is 1.